The van der Waals surface area contributed by atoms with Crippen molar-refractivity contribution in [3.63, 3.8) is 0 Å². The van der Waals surface area contributed by atoms with Crippen molar-refractivity contribution >= 4 is 81.1 Å². The average Bonchev–Trinajstić information content (AvgIpc) is 3.44. The Hall–Kier alpha value is -4.88. The largest absolute Gasteiger partial charge is 0.478 e. The highest BCUT2D eigenvalue weighted by Gasteiger charge is 2.54. The van der Waals surface area contributed by atoms with Crippen LogP contribution in [0.4, 0.5) is 16.8 Å². The van der Waals surface area contributed by atoms with Gasteiger partial charge in [-0.3, -0.25) is 14.5 Å². The van der Waals surface area contributed by atoms with Crippen LogP contribution < -0.4 is 27.1 Å². The third-order valence-corrected chi connectivity index (χ3v) is 10.5. The van der Waals surface area contributed by atoms with Gasteiger partial charge in [-0.05, 0) is 56.7 Å². The number of oxime groups is 1. The Morgan fingerprint density at radius 3 is 2.56 bits per heavy atom. The molecule has 2 unspecified atom stereocenters. The van der Waals surface area contributed by atoms with Crippen molar-refractivity contribution in [1.82, 2.24) is 20.2 Å². The van der Waals surface area contributed by atoms with Crippen molar-refractivity contribution in [2.45, 2.75) is 49.9 Å². The van der Waals surface area contributed by atoms with Crippen molar-refractivity contribution in [2.75, 3.05) is 28.7 Å². The number of anilines is 3. The summed E-state index contributed by atoms with van der Waals surface area (Å²) < 4.78 is 1.74. The molecule has 1 aromatic carbocycles. The zero-order valence-electron chi connectivity index (χ0n) is 26.1. The molecule has 19 heteroatoms. The maximum atomic E-state index is 13.4. The standard InChI is InChI=1S/C29H31N9O7S3/c1-12-5-6-15(13(2)7-12)37-18(31)8-17(30)34-28(37)47-11-14-10-46-24-20(23(40)38(24)21(14)25(41)42)35-22(39)19(16-9-33-27(32)48-16)36-45-29(3,4)26(43)44/h5-9,20,24H,10-11H2,1-4H3,(H8,30,31,32,33,35,36,39,41,42,43,44)/p+1. The van der Waals surface area contributed by atoms with Crippen molar-refractivity contribution in [3.05, 3.63) is 57.7 Å². The van der Waals surface area contributed by atoms with Gasteiger partial charge >= 0.3 is 17.1 Å². The molecule has 16 nitrogen and oxygen atoms in total. The molecule has 5 rings (SSSR count). The van der Waals surface area contributed by atoms with E-state index in [-0.39, 0.29) is 38.7 Å². The van der Waals surface area contributed by atoms with Gasteiger partial charge in [-0.15, -0.1) is 11.8 Å². The number of amides is 2. The first-order valence-electron chi connectivity index (χ1n) is 14.2. The van der Waals surface area contributed by atoms with E-state index in [1.165, 1.54) is 43.6 Å². The first-order chi connectivity index (χ1) is 22.6. The van der Waals surface area contributed by atoms with E-state index < -0.39 is 40.8 Å². The minimum Gasteiger partial charge on any atom is -0.478 e. The number of thioether (sulfide) groups is 2. The van der Waals surface area contributed by atoms with Crippen LogP contribution in [0.3, 0.4) is 0 Å². The van der Waals surface area contributed by atoms with Crippen LogP contribution in [0.25, 0.3) is 5.69 Å². The summed E-state index contributed by atoms with van der Waals surface area (Å²) in [6.07, 6.45) is 1.27. The van der Waals surface area contributed by atoms with Crippen LogP contribution in [0.2, 0.25) is 0 Å². The number of hydrogen-bond donors (Lipinski definition) is 6. The van der Waals surface area contributed by atoms with Gasteiger partial charge in [-0.1, -0.05) is 39.2 Å². The number of aromatic nitrogens is 3. The number of thiazole rings is 1. The van der Waals surface area contributed by atoms with E-state index in [1.54, 1.807) is 10.6 Å². The molecule has 2 aliphatic heterocycles. The first-order valence-corrected chi connectivity index (χ1v) is 17.0. The van der Waals surface area contributed by atoms with Crippen LogP contribution in [0, 0.1) is 13.8 Å². The third-order valence-electron chi connectivity index (χ3n) is 7.33. The number of carbonyl (C=O) groups excluding carboxylic acids is 2. The number of hydrogen-bond acceptors (Lipinski definition) is 14. The smallest absolute Gasteiger partial charge is 0.352 e. The second-order valence-electron chi connectivity index (χ2n) is 11.3. The number of nitrogens with zero attached hydrogens (tertiary/aromatic N) is 5. The van der Waals surface area contributed by atoms with Gasteiger partial charge in [0.1, 0.15) is 22.8 Å². The van der Waals surface area contributed by atoms with Crippen LogP contribution in [0.5, 0.6) is 0 Å². The molecule has 0 radical (unpaired) electrons. The molecule has 2 atom stereocenters. The lowest BCUT2D eigenvalue weighted by Crippen LogP contribution is -2.71. The van der Waals surface area contributed by atoms with Gasteiger partial charge in [-0.2, -0.15) is 4.57 Å². The van der Waals surface area contributed by atoms with Crippen LogP contribution in [0.1, 0.15) is 29.9 Å². The van der Waals surface area contributed by atoms with E-state index in [2.05, 4.69) is 20.4 Å². The molecule has 9 N–H and O–H groups in total. The van der Waals surface area contributed by atoms with Crippen molar-refractivity contribution in [3.8, 4) is 5.69 Å². The Morgan fingerprint density at radius 2 is 1.94 bits per heavy atom. The van der Waals surface area contributed by atoms with Crippen molar-refractivity contribution in [1.29, 1.82) is 0 Å². The quantitative estimate of drug-likeness (QED) is 0.0409. The molecule has 1 fully saturated rings. The number of benzene rings is 1. The van der Waals surface area contributed by atoms with Gasteiger partial charge in [-0.25, -0.2) is 14.6 Å². The number of nitrogens with two attached hydrogens (primary N) is 3. The minimum absolute atomic E-state index is 0.119. The molecule has 2 aromatic heterocycles. The first kappa shape index (κ1) is 34.5. The number of nitrogens with one attached hydrogen (secondary N) is 1. The van der Waals surface area contributed by atoms with E-state index >= 15 is 0 Å². The van der Waals surface area contributed by atoms with E-state index in [4.69, 9.17) is 22.0 Å². The van der Waals surface area contributed by atoms with Gasteiger partial charge in [0, 0.05) is 17.7 Å². The molecule has 2 amide bonds. The maximum Gasteiger partial charge on any atom is 0.352 e. The molecule has 0 saturated carbocycles. The zero-order valence-corrected chi connectivity index (χ0v) is 28.5. The van der Waals surface area contributed by atoms with Crippen molar-refractivity contribution < 1.29 is 38.8 Å². The summed E-state index contributed by atoms with van der Waals surface area (Å²) in [6.45, 7) is 6.42. The molecule has 0 spiro atoms. The van der Waals surface area contributed by atoms with Gasteiger partial charge in [0.2, 0.25) is 17.2 Å². The van der Waals surface area contributed by atoms with E-state index in [0.29, 0.717) is 16.5 Å². The summed E-state index contributed by atoms with van der Waals surface area (Å²) >= 11 is 3.41. The van der Waals surface area contributed by atoms with Crippen LogP contribution >= 0.6 is 34.9 Å². The number of carboxylic acid groups (broad SMARTS) is 2. The van der Waals surface area contributed by atoms with E-state index in [9.17, 15) is 29.4 Å². The number of nitrogen functional groups attached to an aromatic ring is 3. The predicted molar refractivity (Wildman–Crippen MR) is 180 cm³/mol. The normalized spacial score (nSPS) is 17.9. The molecule has 48 heavy (non-hydrogen) atoms. The minimum atomic E-state index is -1.77. The fourth-order valence-electron chi connectivity index (χ4n) is 4.86. The maximum absolute atomic E-state index is 13.4. The molecule has 252 valence electrons. The molecule has 2 aliphatic rings. The molecule has 0 aliphatic carbocycles. The molecule has 1 saturated heterocycles. The molecular weight excluding hydrogens is 683 g/mol. The lowest BCUT2D eigenvalue weighted by Gasteiger charge is -2.49. The summed E-state index contributed by atoms with van der Waals surface area (Å²) in [5, 5.41) is 25.8. The number of aliphatic carboxylic acids is 2. The Balaban J connectivity index is 1.37. The Kier molecular flexibility index (Phi) is 9.56. The monoisotopic (exact) mass is 714 g/mol. The third kappa shape index (κ3) is 6.74. The summed E-state index contributed by atoms with van der Waals surface area (Å²) in [5.74, 6) is -3.20. The number of rotatable bonds is 11. The molecular formula is C29H32N9O7S3+. The van der Waals surface area contributed by atoms with Gasteiger partial charge in [0.25, 0.3) is 11.8 Å². The predicted octanol–water partition coefficient (Wildman–Crippen LogP) is 1.29. The zero-order chi connectivity index (χ0) is 35.1. The number of fused-ring (bicyclic) bond motifs is 1. The van der Waals surface area contributed by atoms with Crippen LogP contribution in [0.15, 0.2) is 52.0 Å². The highest BCUT2D eigenvalue weighted by molar-refractivity contribution is 8.01. The summed E-state index contributed by atoms with van der Waals surface area (Å²) in [7, 11) is 0. The Morgan fingerprint density at radius 1 is 1.21 bits per heavy atom. The number of carboxylic acids is 2. The van der Waals surface area contributed by atoms with Gasteiger partial charge in [0.05, 0.1) is 10.9 Å². The number of carbonyl (C=O) groups is 4. The second-order valence-corrected chi connectivity index (χ2v) is 14.4. The van der Waals surface area contributed by atoms with Crippen LogP contribution in [-0.2, 0) is 24.0 Å². The van der Waals surface area contributed by atoms with Gasteiger partial charge in [0.15, 0.2) is 10.8 Å². The van der Waals surface area contributed by atoms with E-state index in [0.717, 1.165) is 33.1 Å². The Bertz CT molecular complexity index is 1910. The summed E-state index contributed by atoms with van der Waals surface area (Å²) in [4.78, 5) is 65.6. The molecule has 0 bridgehead atoms. The SMILES string of the molecule is Cc1ccc(-[n+]2c(N)cc(N)nc2SCC2=C(C(=O)O)N3C(=O)C(NC(=O)/C(=N\OC(C)(C)C(=O)O)c4cnc(N)s4)C3SC2)c(C)c1. The lowest BCUT2D eigenvalue weighted by molar-refractivity contribution is -0.626. The highest BCUT2D eigenvalue weighted by atomic mass is 32.2. The summed E-state index contributed by atoms with van der Waals surface area (Å²) in [5.41, 5.74) is 19.1. The van der Waals surface area contributed by atoms with Crippen LogP contribution in [-0.4, -0.2) is 83.1 Å². The number of β-lactam (4-membered cyclic amide) rings is 1. The Labute approximate surface area is 286 Å². The fourth-order valence-corrected chi connectivity index (χ4v) is 8.05. The number of aryl methyl sites for hydroxylation is 2. The molecule has 3 aromatic rings. The molecule has 4 heterocycles. The van der Waals surface area contributed by atoms with Crippen molar-refractivity contribution in [2.24, 2.45) is 5.16 Å². The van der Waals surface area contributed by atoms with E-state index in [1.807, 2.05) is 32.0 Å². The lowest BCUT2D eigenvalue weighted by atomic mass is 10.0. The fraction of sp³-hybridized carbons (Fsp3) is 0.310. The van der Waals surface area contributed by atoms with Gasteiger partial charge < -0.3 is 37.6 Å². The summed E-state index contributed by atoms with van der Waals surface area (Å²) in [6, 6.07) is 6.30. The second kappa shape index (κ2) is 13.3. The average molecular weight is 715 g/mol. The topological polar surface area (TPSA) is 253 Å². The highest BCUT2D eigenvalue weighted by Crippen LogP contribution is 2.41.